The molecule has 50 valence electrons. The van der Waals surface area contributed by atoms with Gasteiger partial charge in [-0.25, -0.2) is 0 Å². The zero-order chi connectivity index (χ0) is 6.97. The maximum atomic E-state index is 2.26. The predicted molar refractivity (Wildman–Crippen MR) is 44.6 cm³/mol. The minimum Gasteiger partial charge on any atom is -0.0616 e. The van der Waals surface area contributed by atoms with Gasteiger partial charge in [0.2, 0.25) is 0 Å². The maximum Gasteiger partial charge on any atom is -0.0152 e. The summed E-state index contributed by atoms with van der Waals surface area (Å²) in [6.07, 6.45) is 3.42. The molecule has 0 nitrogen and oxygen atoms in total. The third-order valence-corrected chi connectivity index (χ3v) is 2.02. The Labute approximate surface area is 61.2 Å². The Morgan fingerprint density at radius 1 is 1.20 bits per heavy atom. The van der Waals surface area contributed by atoms with Gasteiger partial charge in [0.1, 0.15) is 0 Å². The summed E-state index contributed by atoms with van der Waals surface area (Å²) in [4.78, 5) is 0. The van der Waals surface area contributed by atoms with Crippen molar-refractivity contribution in [2.45, 2.75) is 13.3 Å². The van der Waals surface area contributed by atoms with Crippen LogP contribution in [0.4, 0.5) is 0 Å². The number of benzene rings is 1. The van der Waals surface area contributed by atoms with Crippen molar-refractivity contribution in [3.63, 3.8) is 0 Å². The largest absolute Gasteiger partial charge is 0.0616 e. The molecule has 0 heteroatoms. The van der Waals surface area contributed by atoms with E-state index in [4.69, 9.17) is 0 Å². The first-order valence-corrected chi connectivity index (χ1v) is 3.72. The van der Waals surface area contributed by atoms with Crippen LogP contribution in [0, 0.1) is 0 Å². The van der Waals surface area contributed by atoms with Crippen molar-refractivity contribution in [2.24, 2.45) is 0 Å². The lowest BCUT2D eigenvalue weighted by atomic mass is 9.87. The Hall–Kier alpha value is -1.04. The van der Waals surface area contributed by atoms with E-state index in [1.54, 1.807) is 0 Å². The van der Waals surface area contributed by atoms with Gasteiger partial charge in [-0.1, -0.05) is 37.3 Å². The molecule has 0 aromatic heterocycles. The summed E-state index contributed by atoms with van der Waals surface area (Å²) in [6, 6.07) is 8.53. The van der Waals surface area contributed by atoms with E-state index >= 15 is 0 Å². The van der Waals surface area contributed by atoms with Crippen LogP contribution < -0.4 is 0 Å². The van der Waals surface area contributed by atoms with E-state index in [0.29, 0.717) is 0 Å². The number of hydrogen-bond donors (Lipinski definition) is 0. The predicted octanol–water partition coefficient (Wildman–Crippen LogP) is 2.95. The van der Waals surface area contributed by atoms with Gasteiger partial charge in [0, 0.05) is 0 Å². The van der Waals surface area contributed by atoms with Gasteiger partial charge in [-0.3, -0.25) is 0 Å². The van der Waals surface area contributed by atoms with E-state index < -0.39 is 0 Å². The Balaban J connectivity index is 2.43. The molecule has 0 saturated carbocycles. The van der Waals surface area contributed by atoms with Gasteiger partial charge < -0.3 is 0 Å². The molecular weight excluding hydrogens is 120 g/mol. The summed E-state index contributed by atoms with van der Waals surface area (Å²) in [5.74, 6) is 0. The molecule has 0 N–H and O–H groups in total. The fourth-order valence-corrected chi connectivity index (χ4v) is 1.40. The third-order valence-electron chi connectivity index (χ3n) is 2.02. The van der Waals surface area contributed by atoms with Crippen molar-refractivity contribution >= 4 is 11.6 Å². The molecule has 0 saturated heterocycles. The lowest BCUT2D eigenvalue weighted by Crippen LogP contribution is -1.96. The van der Waals surface area contributed by atoms with Gasteiger partial charge in [-0.2, -0.15) is 0 Å². The highest BCUT2D eigenvalue weighted by atomic mass is 14.2. The van der Waals surface area contributed by atoms with Crippen molar-refractivity contribution in [3.8, 4) is 0 Å². The van der Waals surface area contributed by atoms with Crippen molar-refractivity contribution in [1.82, 2.24) is 0 Å². The van der Waals surface area contributed by atoms with Crippen molar-refractivity contribution in [1.29, 1.82) is 0 Å². The fourth-order valence-electron chi connectivity index (χ4n) is 1.40. The molecule has 0 radical (unpaired) electrons. The lowest BCUT2D eigenvalue weighted by molar-refractivity contribution is 1.23. The highest BCUT2D eigenvalue weighted by molar-refractivity contribution is 5.95. The van der Waals surface area contributed by atoms with E-state index in [0.717, 1.165) is 6.42 Å². The molecule has 0 atom stereocenters. The average Bonchev–Trinajstić information content (AvgIpc) is 1.92. The first-order chi connectivity index (χ1) is 4.92. The van der Waals surface area contributed by atoms with Crippen LogP contribution in [0.5, 0.6) is 0 Å². The Kier molecular flexibility index (Phi) is 1.13. The second-order valence-corrected chi connectivity index (χ2v) is 2.61. The third kappa shape index (κ3) is 0.621. The van der Waals surface area contributed by atoms with Crippen LogP contribution in [0.2, 0.25) is 0 Å². The van der Waals surface area contributed by atoms with E-state index in [1.165, 1.54) is 16.7 Å². The number of fused-ring (bicyclic) bond motifs is 1. The van der Waals surface area contributed by atoms with E-state index in [2.05, 4.69) is 37.3 Å². The molecule has 0 fully saturated rings. The zero-order valence-corrected chi connectivity index (χ0v) is 6.09. The molecule has 0 aliphatic heterocycles. The van der Waals surface area contributed by atoms with Crippen molar-refractivity contribution in [2.75, 3.05) is 0 Å². The molecule has 1 aliphatic rings. The molecular formula is C10H10. The molecule has 0 amide bonds. The summed E-state index contributed by atoms with van der Waals surface area (Å²) in [5.41, 5.74) is 4.35. The molecule has 1 aliphatic carbocycles. The number of allylic oxidation sites excluding steroid dienone is 1. The molecule has 0 unspecified atom stereocenters. The van der Waals surface area contributed by atoms with Gasteiger partial charge in [-0.15, -0.1) is 0 Å². The number of hydrogen-bond acceptors (Lipinski definition) is 0. The Bertz CT molecular complexity index is 282. The molecule has 1 aromatic carbocycles. The first kappa shape index (κ1) is 5.72. The van der Waals surface area contributed by atoms with E-state index in [1.807, 2.05) is 0 Å². The van der Waals surface area contributed by atoms with Crippen molar-refractivity contribution < 1.29 is 0 Å². The van der Waals surface area contributed by atoms with E-state index in [9.17, 15) is 0 Å². The van der Waals surface area contributed by atoms with Crippen LogP contribution in [-0.2, 0) is 0 Å². The topological polar surface area (TPSA) is 0 Å². The second kappa shape index (κ2) is 1.98. The van der Waals surface area contributed by atoms with Crippen LogP contribution >= 0.6 is 0 Å². The van der Waals surface area contributed by atoms with Gasteiger partial charge in [-0.05, 0) is 23.1 Å². The van der Waals surface area contributed by atoms with Crippen LogP contribution in [0.1, 0.15) is 24.5 Å². The SMILES string of the molecule is CCC1=Cc2ccccc21. The highest BCUT2D eigenvalue weighted by Gasteiger charge is 2.11. The number of rotatable bonds is 1. The molecule has 0 spiro atoms. The summed E-state index contributed by atoms with van der Waals surface area (Å²) in [7, 11) is 0. The van der Waals surface area contributed by atoms with Gasteiger partial charge in [0.05, 0.1) is 0 Å². The van der Waals surface area contributed by atoms with Crippen LogP contribution in [0.15, 0.2) is 24.3 Å². The first-order valence-electron chi connectivity index (χ1n) is 3.72. The van der Waals surface area contributed by atoms with Crippen LogP contribution in [0.3, 0.4) is 0 Å². The standard InChI is InChI=1S/C10H10/c1-2-8-7-9-5-3-4-6-10(8)9/h3-7H,2H2,1H3. The maximum absolute atomic E-state index is 2.26. The monoisotopic (exact) mass is 130 g/mol. The minimum absolute atomic E-state index is 1.16. The van der Waals surface area contributed by atoms with Gasteiger partial charge in [0.25, 0.3) is 0 Å². The fraction of sp³-hybridized carbons (Fsp3) is 0.200. The average molecular weight is 130 g/mol. The quantitative estimate of drug-likeness (QED) is 0.548. The highest BCUT2D eigenvalue weighted by Crippen LogP contribution is 2.33. The lowest BCUT2D eigenvalue weighted by Gasteiger charge is -2.17. The normalized spacial score (nSPS) is 13.5. The zero-order valence-electron chi connectivity index (χ0n) is 6.09. The molecule has 1 aromatic rings. The molecule has 2 rings (SSSR count). The molecule has 10 heavy (non-hydrogen) atoms. The van der Waals surface area contributed by atoms with Gasteiger partial charge in [0.15, 0.2) is 0 Å². The van der Waals surface area contributed by atoms with E-state index in [-0.39, 0.29) is 0 Å². The summed E-state index contributed by atoms with van der Waals surface area (Å²) in [5, 5.41) is 0. The summed E-state index contributed by atoms with van der Waals surface area (Å²) >= 11 is 0. The Morgan fingerprint density at radius 3 is 2.70 bits per heavy atom. The smallest absolute Gasteiger partial charge is 0.0152 e. The van der Waals surface area contributed by atoms with Gasteiger partial charge >= 0.3 is 0 Å². The Morgan fingerprint density at radius 2 is 2.00 bits per heavy atom. The summed E-state index contributed by atoms with van der Waals surface area (Å²) < 4.78 is 0. The van der Waals surface area contributed by atoms with Crippen molar-refractivity contribution in [3.05, 3.63) is 35.4 Å². The molecule has 0 bridgehead atoms. The second-order valence-electron chi connectivity index (χ2n) is 2.61. The minimum atomic E-state index is 1.16. The summed E-state index contributed by atoms with van der Waals surface area (Å²) in [6.45, 7) is 2.20. The van der Waals surface area contributed by atoms with Crippen LogP contribution in [-0.4, -0.2) is 0 Å². The molecule has 0 heterocycles. The van der Waals surface area contributed by atoms with Crippen LogP contribution in [0.25, 0.3) is 11.6 Å².